The molecule has 0 fully saturated rings. The summed E-state index contributed by atoms with van der Waals surface area (Å²) in [6.07, 6.45) is -3.12. The second-order valence-electron chi connectivity index (χ2n) is 6.43. The molecule has 10 heteroatoms. The second kappa shape index (κ2) is 12.1. The van der Waals surface area contributed by atoms with Crippen LogP contribution in [0.2, 0.25) is 0 Å². The quantitative estimate of drug-likeness (QED) is 0.248. The number of rotatable bonds is 12. The molecule has 2 rings (SSSR count). The molecule has 174 valence electrons. The number of nitrogens with zero attached hydrogens (tertiary/aromatic N) is 1. The van der Waals surface area contributed by atoms with Crippen molar-refractivity contribution < 1.29 is 31.8 Å². The predicted octanol–water partition coefficient (Wildman–Crippen LogP) is 5.60. The summed E-state index contributed by atoms with van der Waals surface area (Å²) in [6.45, 7) is 5.74. The number of aliphatic imine (C=N–C) groups is 1. The average molecular weight is 455 g/mol. The van der Waals surface area contributed by atoms with Crippen molar-refractivity contribution in [2.24, 2.45) is 4.99 Å². The van der Waals surface area contributed by atoms with Crippen molar-refractivity contribution in [1.29, 1.82) is 0 Å². The second-order valence-corrected chi connectivity index (χ2v) is 6.43. The van der Waals surface area contributed by atoms with Crippen LogP contribution in [0.15, 0.2) is 48.0 Å². The summed E-state index contributed by atoms with van der Waals surface area (Å²) in [4.78, 5) is 4.21. The number of hydrogen-bond acceptors (Lipinski definition) is 6. The van der Waals surface area contributed by atoms with E-state index in [2.05, 4.69) is 26.9 Å². The summed E-state index contributed by atoms with van der Waals surface area (Å²) < 4.78 is 64.9. The number of benzene rings is 2. The van der Waals surface area contributed by atoms with Crippen LogP contribution in [0.4, 0.5) is 34.6 Å². The molecule has 0 saturated carbocycles. The first-order valence-electron chi connectivity index (χ1n) is 9.68. The van der Waals surface area contributed by atoms with Crippen molar-refractivity contribution in [2.45, 2.75) is 13.3 Å². The van der Waals surface area contributed by atoms with Gasteiger partial charge < -0.3 is 20.1 Å². The van der Waals surface area contributed by atoms with E-state index < -0.39 is 18.8 Å². The predicted molar refractivity (Wildman–Crippen MR) is 117 cm³/mol. The van der Waals surface area contributed by atoms with Crippen molar-refractivity contribution in [3.63, 3.8) is 0 Å². The maximum absolute atomic E-state index is 14.8. The van der Waals surface area contributed by atoms with Crippen molar-refractivity contribution in [3.8, 4) is 5.75 Å². The van der Waals surface area contributed by atoms with Gasteiger partial charge >= 0.3 is 6.36 Å². The third-order valence-corrected chi connectivity index (χ3v) is 4.05. The van der Waals surface area contributed by atoms with Crippen molar-refractivity contribution >= 4 is 29.0 Å². The molecule has 0 spiro atoms. The molecule has 0 aliphatic carbocycles. The maximum atomic E-state index is 14.8. The van der Waals surface area contributed by atoms with Crippen LogP contribution in [-0.4, -0.2) is 46.1 Å². The Hall–Kier alpha value is -3.11. The van der Waals surface area contributed by atoms with Crippen LogP contribution in [0.3, 0.4) is 0 Å². The minimum absolute atomic E-state index is 0.0125. The van der Waals surface area contributed by atoms with E-state index in [9.17, 15) is 17.6 Å². The Morgan fingerprint density at radius 3 is 2.41 bits per heavy atom. The van der Waals surface area contributed by atoms with E-state index in [1.165, 1.54) is 12.3 Å². The fraction of sp³-hybridized carbons (Fsp3) is 0.318. The minimum atomic E-state index is -4.65. The molecule has 2 N–H and O–H groups in total. The SMILES string of the molecule is C=C(Nc1ccc(NCCOC(F)(F)F)cc1)c1c(F)cc(OCCOC)cc1N=CC. The molecule has 0 saturated heterocycles. The summed E-state index contributed by atoms with van der Waals surface area (Å²) in [6, 6.07) is 9.55. The fourth-order valence-corrected chi connectivity index (χ4v) is 2.70. The largest absolute Gasteiger partial charge is 0.522 e. The molecule has 6 nitrogen and oxygen atoms in total. The van der Waals surface area contributed by atoms with Crippen molar-refractivity contribution in [1.82, 2.24) is 0 Å². The Kier molecular flexibility index (Phi) is 9.48. The Morgan fingerprint density at radius 2 is 1.78 bits per heavy atom. The fourth-order valence-electron chi connectivity index (χ4n) is 2.70. The number of ether oxygens (including phenoxy) is 3. The van der Waals surface area contributed by atoms with Gasteiger partial charge in [-0.15, -0.1) is 13.2 Å². The lowest BCUT2D eigenvalue weighted by Crippen LogP contribution is -2.19. The highest BCUT2D eigenvalue weighted by Crippen LogP contribution is 2.33. The molecule has 0 heterocycles. The van der Waals surface area contributed by atoms with Gasteiger partial charge in [-0.1, -0.05) is 6.58 Å². The van der Waals surface area contributed by atoms with Gasteiger partial charge in [-0.05, 0) is 31.2 Å². The highest BCUT2D eigenvalue weighted by molar-refractivity contribution is 5.83. The van der Waals surface area contributed by atoms with Gasteiger partial charge in [0.1, 0.15) is 18.2 Å². The molecule has 2 aromatic rings. The minimum Gasteiger partial charge on any atom is -0.491 e. The first kappa shape index (κ1) is 25.2. The average Bonchev–Trinajstić information content (AvgIpc) is 2.72. The van der Waals surface area contributed by atoms with Crippen LogP contribution in [0.25, 0.3) is 5.70 Å². The molecule has 0 aromatic heterocycles. The Labute approximate surface area is 183 Å². The van der Waals surface area contributed by atoms with Crippen molar-refractivity contribution in [3.05, 3.63) is 54.4 Å². The zero-order valence-electron chi connectivity index (χ0n) is 17.8. The summed E-state index contributed by atoms with van der Waals surface area (Å²) in [5.74, 6) is -0.234. The highest BCUT2D eigenvalue weighted by atomic mass is 19.4. The topological polar surface area (TPSA) is 64.1 Å². The van der Waals surface area contributed by atoms with E-state index in [4.69, 9.17) is 9.47 Å². The Balaban J connectivity index is 2.04. The van der Waals surface area contributed by atoms with Gasteiger partial charge in [0.15, 0.2) is 0 Å². The smallest absolute Gasteiger partial charge is 0.491 e. The lowest BCUT2D eigenvalue weighted by Gasteiger charge is -2.15. The number of nitrogens with one attached hydrogen (secondary N) is 2. The van der Waals surface area contributed by atoms with Crippen LogP contribution in [0.1, 0.15) is 12.5 Å². The van der Waals surface area contributed by atoms with Gasteiger partial charge in [-0.2, -0.15) is 0 Å². The number of methoxy groups -OCH3 is 1. The first-order chi connectivity index (χ1) is 15.2. The van der Waals surface area contributed by atoms with Gasteiger partial charge in [0.25, 0.3) is 0 Å². The van der Waals surface area contributed by atoms with Crippen LogP contribution >= 0.6 is 0 Å². The van der Waals surface area contributed by atoms with E-state index in [0.29, 0.717) is 29.4 Å². The van der Waals surface area contributed by atoms with E-state index in [0.717, 1.165) is 0 Å². The molecular formula is C22H25F4N3O3. The molecule has 32 heavy (non-hydrogen) atoms. The zero-order valence-corrected chi connectivity index (χ0v) is 17.8. The first-order valence-corrected chi connectivity index (χ1v) is 9.68. The molecule has 0 amide bonds. The van der Waals surface area contributed by atoms with Crippen LogP contribution in [0.5, 0.6) is 5.75 Å². The Morgan fingerprint density at radius 1 is 1.09 bits per heavy atom. The third-order valence-electron chi connectivity index (χ3n) is 4.05. The van der Waals surface area contributed by atoms with Crippen molar-refractivity contribution in [2.75, 3.05) is 44.1 Å². The highest BCUT2D eigenvalue weighted by Gasteiger charge is 2.28. The normalized spacial score (nSPS) is 11.6. The summed E-state index contributed by atoms with van der Waals surface area (Å²) >= 11 is 0. The maximum Gasteiger partial charge on any atom is 0.522 e. The number of anilines is 2. The van der Waals surface area contributed by atoms with E-state index in [-0.39, 0.29) is 24.4 Å². The molecule has 0 unspecified atom stereocenters. The molecule has 0 bridgehead atoms. The molecule has 0 aliphatic rings. The van der Waals surface area contributed by atoms with E-state index in [1.54, 1.807) is 44.4 Å². The third kappa shape index (κ3) is 8.20. The van der Waals surface area contributed by atoms with Crippen LogP contribution in [-0.2, 0) is 9.47 Å². The van der Waals surface area contributed by atoms with E-state index >= 15 is 0 Å². The standard InChI is InChI=1S/C22H25F4N3O3/c1-4-27-20-14-18(31-12-11-30-3)13-19(23)21(20)15(2)29-17-7-5-16(6-8-17)28-9-10-32-22(24,25)26/h4-8,13-14,28-29H,2,9-12H2,1,3H3. The number of hydrogen-bond donors (Lipinski definition) is 2. The summed E-state index contributed by atoms with van der Waals surface area (Å²) in [5, 5.41) is 5.83. The summed E-state index contributed by atoms with van der Waals surface area (Å²) in [7, 11) is 1.54. The zero-order chi connectivity index (χ0) is 23.6. The van der Waals surface area contributed by atoms with Gasteiger partial charge in [-0.3, -0.25) is 9.73 Å². The summed E-state index contributed by atoms with van der Waals surface area (Å²) in [5.41, 5.74) is 2.03. The molecule has 0 radical (unpaired) electrons. The van der Waals surface area contributed by atoms with E-state index in [1.807, 2.05) is 0 Å². The lowest BCUT2D eigenvalue weighted by molar-refractivity contribution is -0.322. The molecular weight excluding hydrogens is 430 g/mol. The van der Waals surface area contributed by atoms with Gasteiger partial charge in [0.05, 0.1) is 24.5 Å². The van der Waals surface area contributed by atoms with Crippen LogP contribution < -0.4 is 15.4 Å². The van der Waals surface area contributed by atoms with Gasteiger partial charge in [-0.25, -0.2) is 4.39 Å². The number of halogens is 4. The van der Waals surface area contributed by atoms with Crippen LogP contribution in [0, 0.1) is 5.82 Å². The van der Waals surface area contributed by atoms with Gasteiger partial charge in [0.2, 0.25) is 0 Å². The van der Waals surface area contributed by atoms with Gasteiger partial charge in [0, 0.05) is 49.1 Å². The Bertz CT molecular complexity index is 916. The molecule has 2 aromatic carbocycles. The molecule has 0 atom stereocenters. The lowest BCUT2D eigenvalue weighted by atomic mass is 10.1. The number of alkyl halides is 3. The molecule has 0 aliphatic heterocycles. The monoisotopic (exact) mass is 455 g/mol.